The minimum Gasteiger partial charge on any atom is -0.353 e. The number of hydrogen-bond acceptors (Lipinski definition) is 3. The SMILES string of the molecule is I.c1ccc2[nH]c(NC3CCNCC3)nc2c1. The van der Waals surface area contributed by atoms with E-state index in [1.165, 1.54) is 0 Å². The lowest BCUT2D eigenvalue weighted by Gasteiger charge is -2.23. The van der Waals surface area contributed by atoms with Crippen molar-refractivity contribution >= 4 is 41.0 Å². The zero-order chi connectivity index (χ0) is 10.8. The molecule has 0 amide bonds. The molecule has 1 saturated heterocycles. The van der Waals surface area contributed by atoms with Crippen LogP contribution in [0.5, 0.6) is 0 Å². The molecule has 92 valence electrons. The number of nitrogens with zero attached hydrogens (tertiary/aromatic N) is 1. The summed E-state index contributed by atoms with van der Waals surface area (Å²) >= 11 is 0. The zero-order valence-electron chi connectivity index (χ0n) is 9.57. The van der Waals surface area contributed by atoms with Crippen molar-refractivity contribution in [2.45, 2.75) is 18.9 Å². The van der Waals surface area contributed by atoms with E-state index in [0.29, 0.717) is 6.04 Å². The van der Waals surface area contributed by atoms with Crippen LogP contribution in [0.1, 0.15) is 12.8 Å². The van der Waals surface area contributed by atoms with Crippen LogP contribution in [0.15, 0.2) is 24.3 Å². The molecule has 3 N–H and O–H groups in total. The molecule has 1 aromatic carbocycles. The molecule has 0 bridgehead atoms. The molecule has 4 nitrogen and oxygen atoms in total. The zero-order valence-corrected chi connectivity index (χ0v) is 11.9. The van der Waals surface area contributed by atoms with Crippen LogP contribution in [0.25, 0.3) is 11.0 Å². The second kappa shape index (κ2) is 5.68. The summed E-state index contributed by atoms with van der Waals surface area (Å²) in [5.41, 5.74) is 2.12. The predicted octanol–water partition coefficient (Wildman–Crippen LogP) is 2.34. The van der Waals surface area contributed by atoms with Gasteiger partial charge in [-0.15, -0.1) is 24.0 Å². The number of halogens is 1. The first-order valence-electron chi connectivity index (χ1n) is 5.84. The normalized spacial score (nSPS) is 16.7. The van der Waals surface area contributed by atoms with Gasteiger partial charge >= 0.3 is 0 Å². The van der Waals surface area contributed by atoms with Gasteiger partial charge in [0.1, 0.15) is 0 Å². The van der Waals surface area contributed by atoms with Crippen LogP contribution in [0, 0.1) is 0 Å². The van der Waals surface area contributed by atoms with E-state index in [1.54, 1.807) is 0 Å². The van der Waals surface area contributed by atoms with Gasteiger partial charge in [-0.2, -0.15) is 0 Å². The van der Waals surface area contributed by atoms with Gasteiger partial charge in [0.2, 0.25) is 5.95 Å². The molecule has 0 spiro atoms. The fourth-order valence-electron chi connectivity index (χ4n) is 2.18. The summed E-state index contributed by atoms with van der Waals surface area (Å²) in [6, 6.07) is 8.66. The van der Waals surface area contributed by atoms with Crippen molar-refractivity contribution in [1.82, 2.24) is 15.3 Å². The van der Waals surface area contributed by atoms with E-state index in [2.05, 4.69) is 26.7 Å². The Balaban J connectivity index is 0.00000108. The Morgan fingerprint density at radius 2 is 1.94 bits per heavy atom. The molecule has 0 atom stereocenters. The van der Waals surface area contributed by atoms with Crippen molar-refractivity contribution in [2.75, 3.05) is 18.4 Å². The quantitative estimate of drug-likeness (QED) is 0.733. The Hall–Kier alpha value is -0.820. The van der Waals surface area contributed by atoms with E-state index < -0.39 is 0 Å². The van der Waals surface area contributed by atoms with E-state index in [-0.39, 0.29) is 24.0 Å². The Morgan fingerprint density at radius 1 is 1.18 bits per heavy atom. The van der Waals surface area contributed by atoms with E-state index in [1.807, 2.05) is 18.2 Å². The summed E-state index contributed by atoms with van der Waals surface area (Å²) in [5, 5.41) is 6.82. The van der Waals surface area contributed by atoms with Gasteiger partial charge in [0.25, 0.3) is 0 Å². The lowest BCUT2D eigenvalue weighted by molar-refractivity contribution is 0.477. The number of anilines is 1. The maximum atomic E-state index is 4.52. The number of fused-ring (bicyclic) bond motifs is 1. The minimum absolute atomic E-state index is 0. The van der Waals surface area contributed by atoms with Crippen LogP contribution in [0.3, 0.4) is 0 Å². The first kappa shape index (κ1) is 12.6. The molecule has 2 aromatic rings. The number of H-pyrrole nitrogens is 1. The molecule has 17 heavy (non-hydrogen) atoms. The molecular formula is C12H17IN4. The van der Waals surface area contributed by atoms with E-state index >= 15 is 0 Å². The van der Waals surface area contributed by atoms with Crippen molar-refractivity contribution in [2.24, 2.45) is 0 Å². The molecule has 0 unspecified atom stereocenters. The molecule has 1 aliphatic rings. The summed E-state index contributed by atoms with van der Waals surface area (Å²) in [4.78, 5) is 7.82. The van der Waals surface area contributed by atoms with E-state index in [0.717, 1.165) is 42.9 Å². The van der Waals surface area contributed by atoms with Gasteiger partial charge in [-0.1, -0.05) is 12.1 Å². The summed E-state index contributed by atoms with van der Waals surface area (Å²) < 4.78 is 0. The Bertz CT molecular complexity index is 443. The topological polar surface area (TPSA) is 52.7 Å². The molecule has 0 saturated carbocycles. The first-order valence-corrected chi connectivity index (χ1v) is 5.84. The average Bonchev–Trinajstić information content (AvgIpc) is 2.72. The minimum atomic E-state index is 0. The van der Waals surface area contributed by atoms with Crippen LogP contribution in [0.4, 0.5) is 5.95 Å². The van der Waals surface area contributed by atoms with E-state index in [4.69, 9.17) is 0 Å². The predicted molar refractivity (Wildman–Crippen MR) is 81.0 cm³/mol. The number of piperidine rings is 1. The van der Waals surface area contributed by atoms with Gasteiger partial charge < -0.3 is 15.6 Å². The summed E-state index contributed by atoms with van der Waals surface area (Å²) in [7, 11) is 0. The number of aromatic nitrogens is 2. The highest BCUT2D eigenvalue weighted by Crippen LogP contribution is 2.15. The summed E-state index contributed by atoms with van der Waals surface area (Å²) in [6.07, 6.45) is 2.33. The molecule has 1 fully saturated rings. The molecule has 2 heterocycles. The molecule has 1 aromatic heterocycles. The van der Waals surface area contributed by atoms with Crippen molar-refractivity contribution < 1.29 is 0 Å². The van der Waals surface area contributed by atoms with E-state index in [9.17, 15) is 0 Å². The maximum Gasteiger partial charge on any atom is 0.201 e. The Kier molecular flexibility index (Phi) is 4.22. The number of para-hydroxylation sites is 2. The molecular weight excluding hydrogens is 327 g/mol. The second-order valence-electron chi connectivity index (χ2n) is 4.27. The first-order chi connectivity index (χ1) is 7.92. The van der Waals surface area contributed by atoms with Gasteiger partial charge in [0.15, 0.2) is 0 Å². The van der Waals surface area contributed by atoms with Crippen molar-refractivity contribution in [3.8, 4) is 0 Å². The second-order valence-corrected chi connectivity index (χ2v) is 4.27. The van der Waals surface area contributed by atoms with Gasteiger partial charge in [0, 0.05) is 6.04 Å². The van der Waals surface area contributed by atoms with Crippen molar-refractivity contribution in [3.05, 3.63) is 24.3 Å². The lowest BCUT2D eigenvalue weighted by atomic mass is 10.1. The lowest BCUT2D eigenvalue weighted by Crippen LogP contribution is -2.35. The fraction of sp³-hybridized carbons (Fsp3) is 0.417. The number of rotatable bonds is 2. The molecule has 5 heteroatoms. The van der Waals surface area contributed by atoms with Gasteiger partial charge in [0.05, 0.1) is 11.0 Å². The highest BCUT2D eigenvalue weighted by atomic mass is 127. The fourth-order valence-corrected chi connectivity index (χ4v) is 2.18. The van der Waals surface area contributed by atoms with Crippen molar-refractivity contribution in [3.63, 3.8) is 0 Å². The standard InChI is InChI=1S/C12H16N4.HI/c1-2-4-11-10(3-1)15-12(16-11)14-9-5-7-13-8-6-9;/h1-4,9,13H,5-8H2,(H2,14,15,16);1H. The van der Waals surface area contributed by atoms with Crippen molar-refractivity contribution in [1.29, 1.82) is 0 Å². The van der Waals surface area contributed by atoms with Crippen LogP contribution >= 0.6 is 24.0 Å². The van der Waals surface area contributed by atoms with Crippen LogP contribution in [-0.2, 0) is 0 Å². The average molecular weight is 344 g/mol. The maximum absolute atomic E-state index is 4.52. The molecule has 3 rings (SSSR count). The van der Waals surface area contributed by atoms with Gasteiger partial charge in [-0.3, -0.25) is 0 Å². The highest BCUT2D eigenvalue weighted by Gasteiger charge is 2.13. The number of imidazole rings is 1. The van der Waals surface area contributed by atoms with Gasteiger partial charge in [-0.05, 0) is 38.1 Å². The van der Waals surface area contributed by atoms with Crippen LogP contribution in [-0.4, -0.2) is 29.1 Å². The molecule has 0 aliphatic carbocycles. The Morgan fingerprint density at radius 3 is 2.71 bits per heavy atom. The smallest absolute Gasteiger partial charge is 0.201 e. The van der Waals surface area contributed by atoms with Crippen LogP contribution in [0.2, 0.25) is 0 Å². The summed E-state index contributed by atoms with van der Waals surface area (Å²) in [6.45, 7) is 2.19. The third kappa shape index (κ3) is 2.90. The number of nitrogens with one attached hydrogen (secondary N) is 3. The third-order valence-corrected chi connectivity index (χ3v) is 3.07. The van der Waals surface area contributed by atoms with Crippen LogP contribution < -0.4 is 10.6 Å². The Labute approximate surface area is 118 Å². The number of benzene rings is 1. The monoisotopic (exact) mass is 344 g/mol. The third-order valence-electron chi connectivity index (χ3n) is 3.07. The molecule has 1 aliphatic heterocycles. The summed E-state index contributed by atoms with van der Waals surface area (Å²) in [5.74, 6) is 0.896. The largest absolute Gasteiger partial charge is 0.353 e. The number of hydrogen-bond donors (Lipinski definition) is 3. The van der Waals surface area contributed by atoms with Gasteiger partial charge in [-0.25, -0.2) is 4.98 Å². The number of aromatic amines is 1. The highest BCUT2D eigenvalue weighted by molar-refractivity contribution is 14.0. The molecule has 0 radical (unpaired) electrons.